The predicted octanol–water partition coefficient (Wildman–Crippen LogP) is 2.51. The molecule has 1 aromatic carbocycles. The molecule has 6 nitrogen and oxygen atoms in total. The molecular weight excluding hydrogens is 399 g/mol. The van der Waals surface area contributed by atoms with Crippen LogP contribution in [0.4, 0.5) is 13.2 Å². The van der Waals surface area contributed by atoms with Gasteiger partial charge in [0.25, 0.3) is 0 Å². The lowest BCUT2D eigenvalue weighted by atomic mass is 9.84. The van der Waals surface area contributed by atoms with Crippen molar-refractivity contribution in [3.63, 3.8) is 0 Å². The number of halogens is 3. The first kappa shape index (κ1) is 22.4. The van der Waals surface area contributed by atoms with Gasteiger partial charge in [0.15, 0.2) is 0 Å². The fourth-order valence-corrected chi connectivity index (χ4v) is 4.00. The second-order valence-corrected chi connectivity index (χ2v) is 8.21. The van der Waals surface area contributed by atoms with Crippen molar-refractivity contribution in [2.75, 3.05) is 32.7 Å². The molecule has 0 unspecified atom stereocenters. The number of benzene rings is 1. The molecule has 30 heavy (non-hydrogen) atoms. The lowest BCUT2D eigenvalue weighted by Crippen LogP contribution is -2.50. The number of rotatable bonds is 6. The van der Waals surface area contributed by atoms with E-state index in [1.807, 2.05) is 4.90 Å². The third-order valence-electron chi connectivity index (χ3n) is 5.91. The molecule has 0 aromatic heterocycles. The van der Waals surface area contributed by atoms with Gasteiger partial charge in [0.05, 0.1) is 6.54 Å². The molecule has 2 amide bonds. The molecule has 2 aliphatic rings. The minimum absolute atomic E-state index is 0.0410. The Labute approximate surface area is 174 Å². The zero-order chi connectivity index (χ0) is 21.7. The largest absolute Gasteiger partial charge is 0.508 e. The number of amides is 2. The third-order valence-corrected chi connectivity index (χ3v) is 5.91. The van der Waals surface area contributed by atoms with Gasteiger partial charge in [-0.3, -0.25) is 14.5 Å². The highest BCUT2D eigenvalue weighted by Crippen LogP contribution is 2.37. The van der Waals surface area contributed by atoms with Crippen molar-refractivity contribution in [3.05, 3.63) is 29.6 Å². The normalized spacial score (nSPS) is 20.2. The van der Waals surface area contributed by atoms with Crippen LogP contribution >= 0.6 is 0 Å². The highest BCUT2D eigenvalue weighted by Gasteiger charge is 2.35. The molecule has 166 valence electrons. The molecule has 0 bridgehead atoms. The molecule has 0 atom stereocenters. The van der Waals surface area contributed by atoms with Gasteiger partial charge < -0.3 is 15.3 Å². The van der Waals surface area contributed by atoms with Crippen molar-refractivity contribution in [3.8, 4) is 5.75 Å². The summed E-state index contributed by atoms with van der Waals surface area (Å²) in [4.78, 5) is 28.1. The second kappa shape index (κ2) is 9.68. The Morgan fingerprint density at radius 3 is 2.47 bits per heavy atom. The number of hydrogen-bond acceptors (Lipinski definition) is 4. The lowest BCUT2D eigenvalue weighted by Gasteiger charge is -2.35. The van der Waals surface area contributed by atoms with Crippen molar-refractivity contribution in [2.45, 2.75) is 44.6 Å². The van der Waals surface area contributed by atoms with E-state index in [1.165, 1.54) is 18.2 Å². The average Bonchev–Trinajstić information content (AvgIpc) is 2.71. The Morgan fingerprint density at radius 1 is 1.13 bits per heavy atom. The van der Waals surface area contributed by atoms with Crippen LogP contribution in [0.1, 0.15) is 37.7 Å². The van der Waals surface area contributed by atoms with Crippen LogP contribution in [-0.2, 0) is 16.1 Å². The van der Waals surface area contributed by atoms with Crippen LogP contribution in [0.3, 0.4) is 0 Å². The van der Waals surface area contributed by atoms with E-state index >= 15 is 0 Å². The highest BCUT2D eigenvalue weighted by atomic mass is 19.3. The molecule has 2 fully saturated rings. The van der Waals surface area contributed by atoms with Gasteiger partial charge in [-0.2, -0.15) is 0 Å². The minimum atomic E-state index is -2.61. The number of alkyl halides is 2. The lowest BCUT2D eigenvalue weighted by molar-refractivity contribution is -0.134. The first-order chi connectivity index (χ1) is 14.2. The fourth-order valence-electron chi connectivity index (χ4n) is 4.00. The van der Waals surface area contributed by atoms with Crippen molar-refractivity contribution in [2.24, 2.45) is 5.92 Å². The maximum absolute atomic E-state index is 13.4. The molecule has 3 rings (SSSR count). The topological polar surface area (TPSA) is 72.9 Å². The number of carbonyl (C=O) groups is 2. The fraction of sp³-hybridized carbons (Fsp3) is 0.619. The van der Waals surface area contributed by atoms with Gasteiger partial charge in [0, 0.05) is 57.5 Å². The molecule has 1 aliphatic carbocycles. The number of carbonyl (C=O) groups excluding carboxylic acids is 2. The molecule has 9 heteroatoms. The third kappa shape index (κ3) is 6.35. The van der Waals surface area contributed by atoms with E-state index in [1.54, 1.807) is 4.90 Å². The van der Waals surface area contributed by atoms with Crippen LogP contribution in [-0.4, -0.2) is 65.4 Å². The van der Waals surface area contributed by atoms with E-state index < -0.39 is 11.7 Å². The summed E-state index contributed by atoms with van der Waals surface area (Å²) >= 11 is 0. The summed E-state index contributed by atoms with van der Waals surface area (Å²) in [5.41, 5.74) is 0.502. The highest BCUT2D eigenvalue weighted by molar-refractivity contribution is 5.84. The summed E-state index contributed by atoms with van der Waals surface area (Å²) in [5.74, 6) is -3.50. The standard InChI is InChI=1S/C21H28F3N3O3/c22-17-1-2-18(28)16(12-17)14-26-7-9-27(10-8-26)20(30)13-25-19(29)11-15-3-5-21(23,24)6-4-15/h1-2,12,15,28H,3-11,13-14H2,(H,25,29). The Balaban J connectivity index is 1.36. The van der Waals surface area contributed by atoms with Gasteiger partial charge in [0.2, 0.25) is 17.7 Å². The first-order valence-corrected chi connectivity index (χ1v) is 10.3. The Morgan fingerprint density at radius 2 is 1.80 bits per heavy atom. The molecule has 1 aliphatic heterocycles. The number of aromatic hydroxyl groups is 1. The van der Waals surface area contributed by atoms with E-state index in [0.717, 1.165) is 0 Å². The molecule has 0 spiro atoms. The number of hydrogen-bond donors (Lipinski definition) is 2. The van der Waals surface area contributed by atoms with Gasteiger partial charge in [-0.25, -0.2) is 13.2 Å². The molecule has 1 aromatic rings. The number of piperazine rings is 1. The molecule has 1 heterocycles. The van der Waals surface area contributed by atoms with Crippen molar-refractivity contribution < 1.29 is 27.9 Å². The van der Waals surface area contributed by atoms with Crippen LogP contribution in [0.5, 0.6) is 5.75 Å². The summed E-state index contributed by atoms with van der Waals surface area (Å²) in [7, 11) is 0. The number of nitrogens with zero attached hydrogens (tertiary/aromatic N) is 2. The van der Waals surface area contributed by atoms with Crippen LogP contribution in [0.2, 0.25) is 0 Å². The zero-order valence-electron chi connectivity index (χ0n) is 16.9. The second-order valence-electron chi connectivity index (χ2n) is 8.21. The maximum Gasteiger partial charge on any atom is 0.248 e. The van der Waals surface area contributed by atoms with Gasteiger partial charge in [0.1, 0.15) is 11.6 Å². The van der Waals surface area contributed by atoms with Crippen molar-refractivity contribution in [1.82, 2.24) is 15.1 Å². The van der Waals surface area contributed by atoms with E-state index in [4.69, 9.17) is 0 Å². The van der Waals surface area contributed by atoms with E-state index in [-0.39, 0.29) is 49.3 Å². The van der Waals surface area contributed by atoms with Gasteiger partial charge in [-0.15, -0.1) is 0 Å². The maximum atomic E-state index is 13.4. The van der Waals surface area contributed by atoms with Gasteiger partial charge >= 0.3 is 0 Å². The monoisotopic (exact) mass is 427 g/mol. The van der Waals surface area contributed by atoms with Crippen molar-refractivity contribution in [1.29, 1.82) is 0 Å². The van der Waals surface area contributed by atoms with Crippen molar-refractivity contribution >= 4 is 11.8 Å². The number of phenols is 1. The summed E-state index contributed by atoms with van der Waals surface area (Å²) in [5, 5.41) is 12.4. The molecule has 1 saturated carbocycles. The van der Waals surface area contributed by atoms with Crippen LogP contribution < -0.4 is 5.32 Å². The average molecular weight is 427 g/mol. The molecule has 2 N–H and O–H groups in total. The smallest absolute Gasteiger partial charge is 0.248 e. The zero-order valence-corrected chi connectivity index (χ0v) is 16.9. The minimum Gasteiger partial charge on any atom is -0.508 e. The Bertz CT molecular complexity index is 757. The van der Waals surface area contributed by atoms with E-state index in [2.05, 4.69) is 5.32 Å². The Kier molecular flexibility index (Phi) is 7.23. The molecule has 0 radical (unpaired) electrons. The summed E-state index contributed by atoms with van der Waals surface area (Å²) in [6, 6.07) is 3.83. The van der Waals surface area contributed by atoms with Crippen LogP contribution in [0, 0.1) is 11.7 Å². The molecular formula is C21H28F3N3O3. The Hall–Kier alpha value is -2.29. The first-order valence-electron chi connectivity index (χ1n) is 10.3. The number of nitrogens with one attached hydrogen (secondary N) is 1. The predicted molar refractivity (Wildman–Crippen MR) is 104 cm³/mol. The number of phenolic OH excluding ortho intramolecular Hbond substituents is 1. The summed E-state index contributed by atoms with van der Waals surface area (Å²) in [6.45, 7) is 2.39. The summed E-state index contributed by atoms with van der Waals surface area (Å²) < 4.78 is 39.7. The van der Waals surface area contributed by atoms with E-state index in [9.17, 15) is 27.9 Å². The van der Waals surface area contributed by atoms with Crippen LogP contribution in [0.15, 0.2) is 18.2 Å². The summed E-state index contributed by atoms with van der Waals surface area (Å²) in [6.07, 6.45) is 0.478. The van der Waals surface area contributed by atoms with Crippen LogP contribution in [0.25, 0.3) is 0 Å². The van der Waals surface area contributed by atoms with Gasteiger partial charge in [-0.05, 0) is 37.0 Å². The molecule has 1 saturated heterocycles. The SMILES string of the molecule is O=C(CC1CCC(F)(F)CC1)NCC(=O)N1CCN(Cc2cc(F)ccc2O)CC1. The van der Waals surface area contributed by atoms with Gasteiger partial charge in [-0.1, -0.05) is 0 Å². The quantitative estimate of drug-likeness (QED) is 0.732. The van der Waals surface area contributed by atoms with E-state index in [0.29, 0.717) is 51.1 Å².